The number of thiazole rings is 3. The number of allylic oxidation sites excluding steroid dienone is 3. The normalized spacial score (nSPS) is 14.9. The Hall–Kier alpha value is -8.45. The molecule has 12 rings (SSSR count). The van der Waals surface area contributed by atoms with E-state index in [9.17, 15) is 28.8 Å². The van der Waals surface area contributed by atoms with Crippen LogP contribution in [-0.4, -0.2) is 99.6 Å². The lowest BCUT2D eigenvalue weighted by atomic mass is 9.94. The Labute approximate surface area is 510 Å². The highest BCUT2D eigenvalue weighted by Gasteiger charge is 2.33. The largest absolute Gasteiger partial charge is 0.463 e. The first kappa shape index (κ1) is 65.1. The smallest absolute Gasteiger partial charge is 0.259 e. The van der Waals surface area contributed by atoms with Gasteiger partial charge in [-0.05, 0) is 111 Å². The molecule has 0 aromatic carbocycles. The van der Waals surface area contributed by atoms with Crippen LogP contribution >= 0.6 is 34.0 Å². The number of hydrogen-bond acceptors (Lipinski definition) is 20. The first-order valence-electron chi connectivity index (χ1n) is 26.8. The monoisotopic (exact) mass is 1220 g/mol. The molecule has 3 amide bonds. The van der Waals surface area contributed by atoms with Gasteiger partial charge in [-0.1, -0.05) is 87.2 Å². The number of rotatable bonds is 17. The third-order valence-electron chi connectivity index (χ3n) is 13.7. The van der Waals surface area contributed by atoms with Gasteiger partial charge in [-0.3, -0.25) is 49.4 Å². The second-order valence-electron chi connectivity index (χ2n) is 19.3. The molecule has 0 bridgehead atoms. The van der Waals surface area contributed by atoms with Crippen LogP contribution in [-0.2, 0) is 30.2 Å². The summed E-state index contributed by atoms with van der Waals surface area (Å²) in [7, 11) is 0. The Morgan fingerprint density at radius 3 is 1.38 bits per heavy atom. The molecule has 20 nitrogen and oxygen atoms in total. The van der Waals surface area contributed by atoms with Crippen molar-refractivity contribution in [3.8, 4) is 34.4 Å². The SMILES string of the molecule is C.C.C.C=Cc1ccc(C(=O)Nc2nc(-c3ccco3)c(C(=O)C3CCOCC3)s2)cn1.O=C(Cc1cccnc1)Nc1nc(-c2ccco2)c(C(=O)C2CCOCC2)s1.O=C(Nc1nc(-c2ccco2)c(C(=O)C2CCOCC2)s1)C1=CC=CC1. The second kappa shape index (κ2) is 31.6. The zero-order valence-corrected chi connectivity index (χ0v) is 47.2. The maximum atomic E-state index is 13.1. The van der Waals surface area contributed by atoms with Gasteiger partial charge in [-0.2, -0.15) is 0 Å². The van der Waals surface area contributed by atoms with Crippen molar-refractivity contribution in [2.45, 2.75) is 73.6 Å². The van der Waals surface area contributed by atoms with E-state index < -0.39 is 0 Å². The average Bonchev–Trinajstić information content (AvgIpc) is 4.27. The Morgan fingerprint density at radius 2 is 1.01 bits per heavy atom. The minimum atomic E-state index is -0.349. The standard InChI is InChI=1S/C21H19N3O4S.C20H19N3O4S.C19H18N2O4S.3CH4/c1-2-15-6-5-14(12-22-15)20(26)24-21-23-17(16-4-3-9-28-16)19(29-21)18(25)13-7-10-27-11-8-13;24-16(11-13-3-1-7-21-12-13)22-20-23-17(15-4-2-8-27-15)19(28-20)18(25)14-5-9-26-10-6-14;22-16(12-7-10-24-11-8-12)17-15(14-6-3-9-25-14)20-19(26-17)21-18(23)13-4-1-2-5-13;;;/h2-6,9,12-13H,1,7-8,10-11H2,(H,23,24,26);1-4,7-8,12,14H,5-6,9-11H2,(H,22,23,24);1-4,6,9,12H,5,7-8,10-11H2,(H,20,21,23);3*1H4. The molecule has 0 atom stereocenters. The fraction of sp³-hybridized carbons (Fsp3) is 0.317. The number of ether oxygens (including phenoxy) is 3. The number of nitrogens with zero attached hydrogens (tertiary/aromatic N) is 5. The van der Waals surface area contributed by atoms with Crippen LogP contribution in [0.4, 0.5) is 15.4 Å². The molecule has 3 aliphatic heterocycles. The van der Waals surface area contributed by atoms with Crippen LogP contribution in [0.1, 0.15) is 118 Å². The van der Waals surface area contributed by atoms with E-state index in [0.29, 0.717) is 166 Å². The lowest BCUT2D eigenvalue weighted by Gasteiger charge is -2.20. The number of ketones is 3. The van der Waals surface area contributed by atoms with Crippen LogP contribution in [0.5, 0.6) is 0 Å². The van der Waals surface area contributed by atoms with E-state index in [1.807, 2.05) is 18.2 Å². The number of hydrogen-bond donors (Lipinski definition) is 3. The molecule has 11 heterocycles. The van der Waals surface area contributed by atoms with Gasteiger partial charge < -0.3 is 32.8 Å². The van der Waals surface area contributed by atoms with E-state index in [0.717, 1.165) is 16.9 Å². The van der Waals surface area contributed by atoms with Crippen molar-refractivity contribution in [1.29, 1.82) is 0 Å². The molecule has 1 aliphatic carbocycles. The molecule has 3 N–H and O–H groups in total. The number of furan rings is 3. The minimum absolute atomic E-state index is 0. The molecule has 8 aromatic heterocycles. The Balaban J connectivity index is 0.000000182. The van der Waals surface area contributed by atoms with Crippen molar-refractivity contribution in [2.24, 2.45) is 17.8 Å². The number of carbonyl (C=O) groups is 6. The number of carbonyl (C=O) groups excluding carboxylic acids is 6. The van der Waals surface area contributed by atoms with Crippen LogP contribution in [0, 0.1) is 17.8 Å². The highest BCUT2D eigenvalue weighted by Crippen LogP contribution is 2.38. The van der Waals surface area contributed by atoms with Crippen molar-refractivity contribution in [3.05, 3.63) is 160 Å². The third kappa shape index (κ3) is 16.5. The molecule has 0 spiro atoms. The van der Waals surface area contributed by atoms with E-state index >= 15 is 0 Å². The Morgan fingerprint density at radius 1 is 0.558 bits per heavy atom. The number of aromatic nitrogens is 5. The topological polar surface area (TPSA) is 270 Å². The highest BCUT2D eigenvalue weighted by molar-refractivity contribution is 7.19. The molecule has 450 valence electrons. The molecular formula is C63H68N8O12S3. The quantitative estimate of drug-likeness (QED) is 0.0715. The predicted octanol–water partition coefficient (Wildman–Crippen LogP) is 13.6. The molecule has 4 aliphatic rings. The zero-order chi connectivity index (χ0) is 57.5. The van der Waals surface area contributed by atoms with Gasteiger partial charge in [0.15, 0.2) is 50.0 Å². The summed E-state index contributed by atoms with van der Waals surface area (Å²) in [4.78, 5) is 99.5. The van der Waals surface area contributed by atoms with Gasteiger partial charge in [0, 0.05) is 81.6 Å². The predicted molar refractivity (Wildman–Crippen MR) is 333 cm³/mol. The van der Waals surface area contributed by atoms with Crippen molar-refractivity contribution >= 4 is 90.6 Å². The van der Waals surface area contributed by atoms with Gasteiger partial charge in [0.05, 0.1) is 36.5 Å². The molecule has 0 saturated carbocycles. The summed E-state index contributed by atoms with van der Waals surface area (Å²) in [5.74, 6) is 0.569. The van der Waals surface area contributed by atoms with Crippen molar-refractivity contribution in [3.63, 3.8) is 0 Å². The van der Waals surface area contributed by atoms with E-state index in [4.69, 9.17) is 27.5 Å². The van der Waals surface area contributed by atoms with Gasteiger partial charge in [0.2, 0.25) is 5.91 Å². The van der Waals surface area contributed by atoms with Crippen LogP contribution in [0.2, 0.25) is 0 Å². The fourth-order valence-electron chi connectivity index (χ4n) is 9.27. The van der Waals surface area contributed by atoms with Crippen molar-refractivity contribution in [1.82, 2.24) is 24.9 Å². The summed E-state index contributed by atoms with van der Waals surface area (Å²) >= 11 is 3.56. The molecule has 23 heteroatoms. The van der Waals surface area contributed by atoms with Gasteiger partial charge in [-0.25, -0.2) is 15.0 Å². The molecule has 3 fully saturated rings. The summed E-state index contributed by atoms with van der Waals surface area (Å²) in [5, 5.41) is 9.49. The Kier molecular flexibility index (Phi) is 23.9. The number of Topliss-reactive ketones (excluding diaryl/α,β-unsaturated/α-hetero) is 3. The third-order valence-corrected chi connectivity index (χ3v) is 16.6. The first-order valence-corrected chi connectivity index (χ1v) is 29.3. The summed E-state index contributed by atoms with van der Waals surface area (Å²) < 4.78 is 32.4. The summed E-state index contributed by atoms with van der Waals surface area (Å²) in [6, 6.07) is 17.5. The van der Waals surface area contributed by atoms with Gasteiger partial charge >= 0.3 is 0 Å². The molecule has 0 radical (unpaired) electrons. The maximum Gasteiger partial charge on any atom is 0.259 e. The number of pyridine rings is 2. The van der Waals surface area contributed by atoms with Crippen LogP contribution in [0.25, 0.3) is 40.4 Å². The summed E-state index contributed by atoms with van der Waals surface area (Å²) in [6.45, 7) is 7.14. The highest BCUT2D eigenvalue weighted by atomic mass is 32.1. The summed E-state index contributed by atoms with van der Waals surface area (Å²) in [5.41, 5.74) is 3.97. The Bertz CT molecular complexity index is 3590. The molecule has 86 heavy (non-hydrogen) atoms. The number of anilines is 3. The van der Waals surface area contributed by atoms with E-state index in [-0.39, 0.29) is 81.5 Å². The van der Waals surface area contributed by atoms with Crippen LogP contribution in [0.3, 0.4) is 0 Å². The maximum absolute atomic E-state index is 13.1. The lowest BCUT2D eigenvalue weighted by Crippen LogP contribution is -2.23. The number of amides is 3. The van der Waals surface area contributed by atoms with E-state index in [1.165, 1.54) is 41.4 Å². The average molecular weight is 1230 g/mol. The van der Waals surface area contributed by atoms with Gasteiger partial charge in [-0.15, -0.1) is 0 Å². The van der Waals surface area contributed by atoms with Gasteiger partial charge in [0.25, 0.3) is 11.8 Å². The van der Waals surface area contributed by atoms with Gasteiger partial charge in [0.1, 0.15) is 31.7 Å². The van der Waals surface area contributed by atoms with Crippen molar-refractivity contribution < 1.29 is 56.2 Å². The molecule has 3 saturated heterocycles. The lowest BCUT2D eigenvalue weighted by molar-refractivity contribution is -0.115. The van der Waals surface area contributed by atoms with Crippen molar-refractivity contribution in [2.75, 3.05) is 55.6 Å². The fourth-order valence-corrected chi connectivity index (χ4v) is 12.2. The van der Waals surface area contributed by atoms with E-state index in [2.05, 4.69) is 47.4 Å². The van der Waals surface area contributed by atoms with E-state index in [1.54, 1.807) is 85.4 Å². The summed E-state index contributed by atoms with van der Waals surface area (Å²) in [6.07, 6.45) is 21.5. The molecular weight excluding hydrogens is 1160 g/mol. The second-order valence-corrected chi connectivity index (χ2v) is 22.3. The van der Waals surface area contributed by atoms with Crippen LogP contribution in [0.15, 0.2) is 142 Å². The minimum Gasteiger partial charge on any atom is -0.463 e. The zero-order valence-electron chi connectivity index (χ0n) is 44.7. The molecule has 0 unspecified atom stereocenters. The van der Waals surface area contributed by atoms with Crippen LogP contribution < -0.4 is 16.0 Å². The first-order chi connectivity index (χ1) is 40.6. The number of nitrogens with one attached hydrogen (secondary N) is 3. The molecule has 8 aromatic rings.